The Bertz CT molecular complexity index is 550. The van der Waals surface area contributed by atoms with Crippen molar-refractivity contribution in [3.05, 3.63) is 47.7 Å². The Balaban J connectivity index is 2.38. The second-order valence-corrected chi connectivity index (χ2v) is 16.9. The Morgan fingerprint density at radius 2 is 1.65 bits per heavy atom. The van der Waals surface area contributed by atoms with Crippen molar-refractivity contribution in [3.63, 3.8) is 0 Å². The van der Waals surface area contributed by atoms with Crippen LogP contribution in [0.15, 0.2) is 47.7 Å². The fourth-order valence-electron chi connectivity index (χ4n) is 2.82. The third kappa shape index (κ3) is 2.84. The zero-order chi connectivity index (χ0) is 15.0. The minimum absolute atomic E-state index is 0.584. The van der Waals surface area contributed by atoms with Crippen LogP contribution in [0.25, 0.3) is 0 Å². The molecule has 0 bridgehead atoms. The van der Waals surface area contributed by atoms with Crippen molar-refractivity contribution in [1.29, 1.82) is 0 Å². The van der Waals surface area contributed by atoms with Crippen molar-refractivity contribution in [1.82, 2.24) is 0 Å². The molecule has 0 saturated carbocycles. The molecular formula is C17H26OSi2. The number of rotatable bonds is 4. The van der Waals surface area contributed by atoms with Gasteiger partial charge in [-0.1, -0.05) is 74.4 Å². The van der Waals surface area contributed by atoms with E-state index in [2.05, 4.69) is 75.2 Å². The maximum Gasteiger partial charge on any atom is 0.118 e. The van der Waals surface area contributed by atoms with Gasteiger partial charge in [0.05, 0.1) is 23.3 Å². The van der Waals surface area contributed by atoms with Crippen LogP contribution in [0.1, 0.15) is 0 Å². The summed E-state index contributed by atoms with van der Waals surface area (Å²) in [5, 5.41) is 3.02. The Morgan fingerprint density at radius 1 is 1.00 bits per heavy atom. The van der Waals surface area contributed by atoms with Crippen LogP contribution in [0.2, 0.25) is 38.3 Å². The van der Waals surface area contributed by atoms with Crippen LogP contribution in [0.3, 0.4) is 0 Å². The van der Waals surface area contributed by atoms with Crippen molar-refractivity contribution in [2.45, 2.75) is 38.3 Å². The lowest BCUT2D eigenvalue weighted by atomic mass is 10.3. The maximum absolute atomic E-state index is 5.58. The van der Waals surface area contributed by atoms with E-state index in [1.165, 1.54) is 5.19 Å². The molecular weight excluding hydrogens is 276 g/mol. The molecule has 3 heteroatoms. The van der Waals surface area contributed by atoms with E-state index < -0.39 is 16.1 Å². The summed E-state index contributed by atoms with van der Waals surface area (Å²) in [5.74, 6) is 1.05. The normalized spacial score (nSPS) is 19.1. The lowest BCUT2D eigenvalue weighted by Crippen LogP contribution is -2.45. The van der Waals surface area contributed by atoms with Gasteiger partial charge in [-0.25, -0.2) is 0 Å². The van der Waals surface area contributed by atoms with Crippen molar-refractivity contribution >= 4 is 21.3 Å². The molecule has 1 aromatic rings. The van der Waals surface area contributed by atoms with Crippen molar-refractivity contribution < 1.29 is 4.74 Å². The average molecular weight is 303 g/mol. The van der Waals surface area contributed by atoms with Crippen molar-refractivity contribution in [2.24, 2.45) is 0 Å². The van der Waals surface area contributed by atoms with Crippen LogP contribution < -0.4 is 9.92 Å². The number of allylic oxidation sites excluding steroid dienone is 4. The first-order chi connectivity index (χ1) is 9.26. The van der Waals surface area contributed by atoms with Crippen molar-refractivity contribution in [2.75, 3.05) is 7.11 Å². The number of para-hydroxylation sites is 1. The van der Waals surface area contributed by atoms with Gasteiger partial charge in [-0.3, -0.25) is 0 Å². The first-order valence-electron chi connectivity index (χ1n) is 7.31. The summed E-state index contributed by atoms with van der Waals surface area (Å²) in [6.45, 7) is 12.2. The maximum atomic E-state index is 5.58. The largest absolute Gasteiger partial charge is 0.497 e. The van der Waals surface area contributed by atoms with Crippen LogP contribution in [-0.2, 0) is 0 Å². The Hall–Kier alpha value is -1.07. The summed E-state index contributed by atoms with van der Waals surface area (Å²) < 4.78 is 5.58. The molecule has 0 N–H and O–H groups in total. The van der Waals surface area contributed by atoms with Gasteiger partial charge in [0.2, 0.25) is 0 Å². The molecule has 0 aliphatic heterocycles. The molecule has 0 fully saturated rings. The molecule has 20 heavy (non-hydrogen) atoms. The number of hydrogen-bond donors (Lipinski definition) is 0. The molecule has 108 valence electrons. The molecule has 0 heterocycles. The fraction of sp³-hybridized carbons (Fsp3) is 0.412. The second-order valence-electron chi connectivity index (χ2n) is 7.18. The highest BCUT2D eigenvalue weighted by Gasteiger charge is 2.36. The molecule has 1 atom stereocenters. The van der Waals surface area contributed by atoms with Crippen LogP contribution >= 0.6 is 0 Å². The third-order valence-electron chi connectivity index (χ3n) is 4.34. The molecule has 0 amide bonds. The van der Waals surface area contributed by atoms with E-state index in [0.717, 1.165) is 5.75 Å². The summed E-state index contributed by atoms with van der Waals surface area (Å²) in [7, 11) is -1.03. The van der Waals surface area contributed by atoms with Gasteiger partial charge in [-0.15, -0.1) is 0 Å². The van der Waals surface area contributed by atoms with Crippen LogP contribution in [0.5, 0.6) is 5.75 Å². The van der Waals surface area contributed by atoms with Gasteiger partial charge in [0.25, 0.3) is 0 Å². The minimum atomic E-state index is -1.60. The monoisotopic (exact) mass is 302 g/mol. The molecule has 0 spiro atoms. The lowest BCUT2D eigenvalue weighted by molar-refractivity contribution is 0.418. The number of ether oxygens (including phenoxy) is 1. The molecule has 2 rings (SSSR count). The van der Waals surface area contributed by atoms with Gasteiger partial charge < -0.3 is 4.74 Å². The quantitative estimate of drug-likeness (QED) is 0.751. The average Bonchev–Trinajstić information content (AvgIpc) is 2.88. The Kier molecular flexibility index (Phi) is 4.12. The van der Waals surface area contributed by atoms with Gasteiger partial charge in [-0.05, 0) is 16.8 Å². The first kappa shape index (κ1) is 15.3. The fourth-order valence-corrected chi connectivity index (χ4v) is 7.14. The third-order valence-corrected chi connectivity index (χ3v) is 10.2. The van der Waals surface area contributed by atoms with Gasteiger partial charge in [0.15, 0.2) is 0 Å². The molecule has 1 aliphatic rings. The van der Waals surface area contributed by atoms with E-state index in [9.17, 15) is 0 Å². The number of methoxy groups -OCH3 is 1. The van der Waals surface area contributed by atoms with Gasteiger partial charge >= 0.3 is 0 Å². The number of benzene rings is 1. The van der Waals surface area contributed by atoms with E-state index in [1.807, 2.05) is 0 Å². The second kappa shape index (κ2) is 5.37. The van der Waals surface area contributed by atoms with Crippen molar-refractivity contribution in [3.8, 4) is 5.75 Å². The van der Waals surface area contributed by atoms with E-state index in [1.54, 1.807) is 12.3 Å². The predicted molar refractivity (Wildman–Crippen MR) is 94.4 cm³/mol. The molecule has 1 aromatic carbocycles. The smallest absolute Gasteiger partial charge is 0.118 e. The van der Waals surface area contributed by atoms with Gasteiger partial charge in [0, 0.05) is 0 Å². The van der Waals surface area contributed by atoms with E-state index in [4.69, 9.17) is 4.74 Å². The van der Waals surface area contributed by atoms with Gasteiger partial charge in [0.1, 0.15) is 5.75 Å². The highest BCUT2D eigenvalue weighted by Crippen LogP contribution is 2.35. The topological polar surface area (TPSA) is 9.23 Å². The first-order valence-corrected chi connectivity index (χ1v) is 13.9. The zero-order valence-corrected chi connectivity index (χ0v) is 15.5. The molecule has 0 aromatic heterocycles. The highest BCUT2D eigenvalue weighted by atomic mass is 28.3. The van der Waals surface area contributed by atoms with E-state index >= 15 is 0 Å². The zero-order valence-electron chi connectivity index (χ0n) is 13.5. The summed E-state index contributed by atoms with van der Waals surface area (Å²) in [6.07, 6.45) is 7.33. The van der Waals surface area contributed by atoms with E-state index in [-0.39, 0.29) is 0 Å². The highest BCUT2D eigenvalue weighted by molar-refractivity contribution is 6.93. The lowest BCUT2D eigenvalue weighted by Gasteiger charge is -2.29. The van der Waals surface area contributed by atoms with Crippen LogP contribution in [0, 0.1) is 0 Å². The molecule has 0 radical (unpaired) electrons. The minimum Gasteiger partial charge on any atom is -0.497 e. The van der Waals surface area contributed by atoms with E-state index in [0.29, 0.717) is 5.54 Å². The van der Waals surface area contributed by atoms with Gasteiger partial charge in [-0.2, -0.15) is 0 Å². The number of hydrogen-bond acceptors (Lipinski definition) is 1. The molecule has 1 nitrogen and oxygen atoms in total. The molecule has 1 aliphatic carbocycles. The molecule has 0 saturated heterocycles. The standard InChI is InChI=1S/C17H26OSi2/c1-18-16-9-7-8-10-17(16)20(5,6)15-12-11-14(13-15)19(2,3)4/h7-13,15H,1-6H3. The SMILES string of the molecule is COc1ccccc1[Si](C)(C)C1C=CC([Si](C)(C)C)=C1. The predicted octanol–water partition coefficient (Wildman–Crippen LogP) is 4.35. The van der Waals surface area contributed by atoms with Crippen LogP contribution in [-0.4, -0.2) is 23.3 Å². The molecule has 1 unspecified atom stereocenters. The summed E-state index contributed by atoms with van der Waals surface area (Å²) in [5.41, 5.74) is 0.584. The Labute approximate surface area is 125 Å². The summed E-state index contributed by atoms with van der Waals surface area (Å²) in [6, 6.07) is 8.53. The van der Waals surface area contributed by atoms with Crippen LogP contribution in [0.4, 0.5) is 0 Å². The Morgan fingerprint density at radius 3 is 2.20 bits per heavy atom. The summed E-state index contributed by atoms with van der Waals surface area (Å²) in [4.78, 5) is 0. The summed E-state index contributed by atoms with van der Waals surface area (Å²) >= 11 is 0.